The van der Waals surface area contributed by atoms with E-state index in [1.165, 1.54) is 0 Å². The Labute approximate surface area is 113 Å². The van der Waals surface area contributed by atoms with E-state index in [4.69, 9.17) is 4.74 Å². The van der Waals surface area contributed by atoms with Crippen LogP contribution < -0.4 is 0 Å². The standard InChI is InChI=1S/C14H22N2O3/c17-13-4-8-15(7-3-11-5-9-19-10-11)14(18)12-2-1-6-16(12)13/h11-12H,1-10H2. The molecule has 3 aliphatic heterocycles. The number of hydrogen-bond acceptors (Lipinski definition) is 3. The number of hydrogen-bond donors (Lipinski definition) is 0. The zero-order valence-corrected chi connectivity index (χ0v) is 11.3. The molecule has 0 radical (unpaired) electrons. The summed E-state index contributed by atoms with van der Waals surface area (Å²) in [6, 6.07) is -0.171. The molecule has 0 aromatic heterocycles. The highest BCUT2D eigenvalue weighted by Gasteiger charge is 2.39. The summed E-state index contributed by atoms with van der Waals surface area (Å²) >= 11 is 0. The van der Waals surface area contributed by atoms with Crippen LogP contribution in [0.15, 0.2) is 0 Å². The molecule has 0 saturated carbocycles. The van der Waals surface area contributed by atoms with Gasteiger partial charge in [0.15, 0.2) is 0 Å². The van der Waals surface area contributed by atoms with Gasteiger partial charge in [-0.05, 0) is 31.6 Å². The van der Waals surface area contributed by atoms with Crippen LogP contribution in [0.5, 0.6) is 0 Å². The van der Waals surface area contributed by atoms with Crippen molar-refractivity contribution in [3.8, 4) is 0 Å². The molecule has 3 rings (SSSR count). The van der Waals surface area contributed by atoms with Gasteiger partial charge < -0.3 is 14.5 Å². The number of fused-ring (bicyclic) bond motifs is 1. The summed E-state index contributed by atoms with van der Waals surface area (Å²) in [7, 11) is 0. The predicted octanol–water partition coefficient (Wildman–Crippen LogP) is 0.636. The lowest BCUT2D eigenvalue weighted by atomic mass is 10.0. The summed E-state index contributed by atoms with van der Waals surface area (Å²) < 4.78 is 5.37. The molecule has 0 aliphatic carbocycles. The van der Waals surface area contributed by atoms with Gasteiger partial charge >= 0.3 is 0 Å². The molecule has 3 heterocycles. The Bertz CT molecular complexity index is 366. The molecular formula is C14H22N2O3. The van der Waals surface area contributed by atoms with Crippen LogP contribution in [0, 0.1) is 5.92 Å². The van der Waals surface area contributed by atoms with E-state index in [1.807, 2.05) is 4.90 Å². The van der Waals surface area contributed by atoms with Crippen molar-refractivity contribution in [1.82, 2.24) is 9.80 Å². The topological polar surface area (TPSA) is 49.9 Å². The molecule has 106 valence electrons. The normalized spacial score (nSPS) is 31.8. The maximum absolute atomic E-state index is 12.5. The summed E-state index contributed by atoms with van der Waals surface area (Å²) in [5.41, 5.74) is 0. The van der Waals surface area contributed by atoms with E-state index < -0.39 is 0 Å². The van der Waals surface area contributed by atoms with Gasteiger partial charge in [0.1, 0.15) is 6.04 Å². The van der Waals surface area contributed by atoms with Crippen molar-refractivity contribution < 1.29 is 14.3 Å². The van der Waals surface area contributed by atoms with Crippen molar-refractivity contribution in [2.45, 2.75) is 38.1 Å². The number of amides is 2. The predicted molar refractivity (Wildman–Crippen MR) is 69.5 cm³/mol. The Hall–Kier alpha value is -1.10. The maximum Gasteiger partial charge on any atom is 0.245 e. The summed E-state index contributed by atoms with van der Waals surface area (Å²) in [6.45, 7) is 3.83. The molecule has 0 bridgehead atoms. The largest absolute Gasteiger partial charge is 0.381 e. The fraction of sp³-hybridized carbons (Fsp3) is 0.857. The third-order valence-electron chi connectivity index (χ3n) is 4.60. The monoisotopic (exact) mass is 266 g/mol. The molecule has 5 heteroatoms. The van der Waals surface area contributed by atoms with Gasteiger partial charge in [0, 0.05) is 39.3 Å². The Balaban J connectivity index is 1.61. The van der Waals surface area contributed by atoms with Crippen molar-refractivity contribution in [3.63, 3.8) is 0 Å². The van der Waals surface area contributed by atoms with E-state index >= 15 is 0 Å². The molecular weight excluding hydrogens is 244 g/mol. The lowest BCUT2D eigenvalue weighted by Gasteiger charge is -2.25. The highest BCUT2D eigenvalue weighted by molar-refractivity contribution is 5.90. The minimum absolute atomic E-state index is 0.155. The van der Waals surface area contributed by atoms with Crippen molar-refractivity contribution in [1.29, 1.82) is 0 Å². The first-order valence-corrected chi connectivity index (χ1v) is 7.41. The van der Waals surface area contributed by atoms with Crippen LogP contribution in [-0.4, -0.2) is 60.5 Å². The molecule has 0 aromatic rings. The van der Waals surface area contributed by atoms with Crippen molar-refractivity contribution in [2.75, 3.05) is 32.8 Å². The van der Waals surface area contributed by atoms with Gasteiger partial charge in [0.25, 0.3) is 0 Å². The van der Waals surface area contributed by atoms with E-state index in [9.17, 15) is 9.59 Å². The molecule has 2 amide bonds. The molecule has 0 N–H and O–H groups in total. The van der Waals surface area contributed by atoms with E-state index in [0.29, 0.717) is 18.9 Å². The second-order valence-electron chi connectivity index (χ2n) is 5.84. The van der Waals surface area contributed by atoms with Crippen LogP contribution in [0.2, 0.25) is 0 Å². The molecule has 0 spiro atoms. The number of ether oxygens (including phenoxy) is 1. The zero-order valence-electron chi connectivity index (χ0n) is 11.3. The minimum Gasteiger partial charge on any atom is -0.381 e. The number of nitrogens with zero attached hydrogens (tertiary/aromatic N) is 2. The maximum atomic E-state index is 12.5. The van der Waals surface area contributed by atoms with Crippen molar-refractivity contribution in [3.05, 3.63) is 0 Å². The van der Waals surface area contributed by atoms with Crippen LogP contribution in [0.4, 0.5) is 0 Å². The van der Waals surface area contributed by atoms with Gasteiger partial charge in [0.2, 0.25) is 11.8 Å². The lowest BCUT2D eigenvalue weighted by molar-refractivity contribution is -0.139. The SMILES string of the molecule is O=C1C2CCCN2C(=O)CCN1CCC1CCOC1. The van der Waals surface area contributed by atoms with E-state index in [1.54, 1.807) is 4.90 Å². The fourth-order valence-corrected chi connectivity index (χ4v) is 3.39. The van der Waals surface area contributed by atoms with E-state index in [2.05, 4.69) is 0 Å². The smallest absolute Gasteiger partial charge is 0.245 e. The second kappa shape index (κ2) is 5.49. The molecule has 2 unspecified atom stereocenters. The fourth-order valence-electron chi connectivity index (χ4n) is 3.39. The van der Waals surface area contributed by atoms with Gasteiger partial charge in [-0.3, -0.25) is 9.59 Å². The van der Waals surface area contributed by atoms with Gasteiger partial charge in [-0.15, -0.1) is 0 Å². The summed E-state index contributed by atoms with van der Waals surface area (Å²) in [5, 5.41) is 0. The average Bonchev–Trinajstić information content (AvgIpc) is 3.07. The molecule has 5 nitrogen and oxygen atoms in total. The Morgan fingerprint density at radius 1 is 1.21 bits per heavy atom. The van der Waals surface area contributed by atoms with Crippen LogP contribution >= 0.6 is 0 Å². The van der Waals surface area contributed by atoms with Gasteiger partial charge in [-0.1, -0.05) is 0 Å². The highest BCUT2D eigenvalue weighted by Crippen LogP contribution is 2.24. The van der Waals surface area contributed by atoms with Crippen LogP contribution in [0.25, 0.3) is 0 Å². The number of rotatable bonds is 3. The molecule has 19 heavy (non-hydrogen) atoms. The number of carbonyl (C=O) groups excluding carboxylic acids is 2. The molecule has 3 saturated heterocycles. The zero-order chi connectivity index (χ0) is 13.2. The molecule has 3 aliphatic rings. The van der Waals surface area contributed by atoms with Crippen molar-refractivity contribution >= 4 is 11.8 Å². The first-order chi connectivity index (χ1) is 9.25. The minimum atomic E-state index is -0.171. The summed E-state index contributed by atoms with van der Waals surface area (Å²) in [6.07, 6.45) is 4.41. The van der Waals surface area contributed by atoms with E-state index in [-0.39, 0.29) is 17.9 Å². The van der Waals surface area contributed by atoms with Crippen LogP contribution in [-0.2, 0) is 14.3 Å². The second-order valence-corrected chi connectivity index (χ2v) is 5.84. The Morgan fingerprint density at radius 2 is 2.11 bits per heavy atom. The van der Waals surface area contributed by atoms with E-state index in [0.717, 1.165) is 52.0 Å². The molecule has 2 atom stereocenters. The quantitative estimate of drug-likeness (QED) is 0.753. The van der Waals surface area contributed by atoms with Crippen LogP contribution in [0.3, 0.4) is 0 Å². The Morgan fingerprint density at radius 3 is 2.89 bits per heavy atom. The highest BCUT2D eigenvalue weighted by atomic mass is 16.5. The first-order valence-electron chi connectivity index (χ1n) is 7.41. The number of carbonyl (C=O) groups is 2. The van der Waals surface area contributed by atoms with Gasteiger partial charge in [-0.25, -0.2) is 0 Å². The van der Waals surface area contributed by atoms with Gasteiger partial charge in [-0.2, -0.15) is 0 Å². The summed E-state index contributed by atoms with van der Waals surface area (Å²) in [5.74, 6) is 0.913. The summed E-state index contributed by atoms with van der Waals surface area (Å²) in [4.78, 5) is 28.2. The molecule has 0 aromatic carbocycles. The third kappa shape index (κ3) is 2.61. The first kappa shape index (κ1) is 12.9. The van der Waals surface area contributed by atoms with Crippen LogP contribution in [0.1, 0.15) is 32.1 Å². The lowest BCUT2D eigenvalue weighted by Crippen LogP contribution is -2.44. The molecule has 3 fully saturated rings. The van der Waals surface area contributed by atoms with Crippen molar-refractivity contribution in [2.24, 2.45) is 5.92 Å². The average molecular weight is 266 g/mol. The Kier molecular flexibility index (Phi) is 3.73. The third-order valence-corrected chi connectivity index (χ3v) is 4.60. The van der Waals surface area contributed by atoms with Gasteiger partial charge in [0.05, 0.1) is 0 Å².